The minimum Gasteiger partial charge on any atom is -0.351 e. The molecule has 94 valence electrons. The van der Waals surface area contributed by atoms with Crippen LogP contribution in [0.15, 0.2) is 11.4 Å². The van der Waals surface area contributed by atoms with E-state index in [2.05, 4.69) is 5.32 Å². The van der Waals surface area contributed by atoms with E-state index in [0.717, 1.165) is 23.3 Å². The number of halogens is 1. The fraction of sp³-hybridized carbons (Fsp3) is 0.615. The quantitative estimate of drug-likeness (QED) is 0.833. The fourth-order valence-corrected chi connectivity index (χ4v) is 3.64. The molecular weight excluding hydrogens is 254 g/mol. The van der Waals surface area contributed by atoms with Crippen LogP contribution in [0.4, 0.5) is 0 Å². The lowest BCUT2D eigenvalue weighted by Gasteiger charge is -2.26. The smallest absolute Gasteiger partial charge is 0.261 e. The summed E-state index contributed by atoms with van der Waals surface area (Å²) in [6.07, 6.45) is 4.75. The lowest BCUT2D eigenvalue weighted by Crippen LogP contribution is -2.37. The highest BCUT2D eigenvalue weighted by atomic mass is 35.5. The van der Waals surface area contributed by atoms with Gasteiger partial charge in [0.1, 0.15) is 0 Å². The van der Waals surface area contributed by atoms with Gasteiger partial charge in [0.25, 0.3) is 5.91 Å². The third-order valence-corrected chi connectivity index (χ3v) is 5.22. The Morgan fingerprint density at radius 3 is 2.76 bits per heavy atom. The number of hydrogen-bond donors (Lipinski definition) is 1. The molecule has 1 saturated carbocycles. The molecule has 1 aliphatic rings. The predicted molar refractivity (Wildman–Crippen MR) is 73.0 cm³/mol. The molecule has 0 unspecified atom stereocenters. The summed E-state index contributed by atoms with van der Waals surface area (Å²) in [7, 11) is 0. The summed E-state index contributed by atoms with van der Waals surface area (Å²) in [5.74, 6) is 0.699. The molecule has 1 fully saturated rings. The zero-order valence-electron chi connectivity index (χ0n) is 10.1. The van der Waals surface area contributed by atoms with E-state index in [0.29, 0.717) is 12.4 Å². The zero-order valence-corrected chi connectivity index (χ0v) is 11.7. The molecule has 0 spiro atoms. The highest BCUT2D eigenvalue weighted by Gasteiger charge is 2.33. The van der Waals surface area contributed by atoms with Gasteiger partial charge in [0.2, 0.25) is 0 Å². The van der Waals surface area contributed by atoms with E-state index in [1.165, 1.54) is 24.2 Å². The van der Waals surface area contributed by atoms with Crippen molar-refractivity contribution in [3.05, 3.63) is 21.9 Å². The van der Waals surface area contributed by atoms with Gasteiger partial charge in [-0.3, -0.25) is 4.79 Å². The molecule has 0 bridgehead atoms. The van der Waals surface area contributed by atoms with Gasteiger partial charge in [0, 0.05) is 17.8 Å². The molecule has 0 saturated heterocycles. The molecule has 2 nitrogen and oxygen atoms in total. The van der Waals surface area contributed by atoms with Gasteiger partial charge >= 0.3 is 0 Å². The van der Waals surface area contributed by atoms with Crippen LogP contribution >= 0.6 is 22.9 Å². The molecule has 0 aliphatic heterocycles. The molecule has 4 heteroatoms. The Labute approximate surface area is 111 Å². The summed E-state index contributed by atoms with van der Waals surface area (Å²) < 4.78 is 0. The first-order chi connectivity index (χ1) is 8.17. The summed E-state index contributed by atoms with van der Waals surface area (Å²) in [6, 6.07) is 1.98. The third kappa shape index (κ3) is 2.83. The summed E-state index contributed by atoms with van der Waals surface area (Å²) in [5.41, 5.74) is 1.20. The van der Waals surface area contributed by atoms with Gasteiger partial charge in [-0.2, -0.15) is 0 Å². The van der Waals surface area contributed by atoms with Crippen LogP contribution in [0.2, 0.25) is 0 Å². The van der Waals surface area contributed by atoms with Crippen molar-refractivity contribution >= 4 is 28.8 Å². The largest absolute Gasteiger partial charge is 0.351 e. The number of amides is 1. The maximum Gasteiger partial charge on any atom is 0.261 e. The normalized spacial score (nSPS) is 18.2. The van der Waals surface area contributed by atoms with Crippen molar-refractivity contribution in [3.8, 4) is 0 Å². The Bertz CT molecular complexity index is 396. The number of rotatable bonds is 4. The molecule has 0 atom stereocenters. The Morgan fingerprint density at radius 1 is 1.53 bits per heavy atom. The summed E-state index contributed by atoms with van der Waals surface area (Å²) >= 11 is 7.56. The van der Waals surface area contributed by atoms with Gasteiger partial charge in [-0.1, -0.05) is 12.8 Å². The summed E-state index contributed by atoms with van der Waals surface area (Å²) in [6.45, 7) is 2.69. The molecule has 1 aromatic heterocycles. The predicted octanol–water partition coefficient (Wildman–Crippen LogP) is 3.59. The minimum absolute atomic E-state index is 0.0499. The highest BCUT2D eigenvalue weighted by Crippen LogP contribution is 2.38. The summed E-state index contributed by atoms with van der Waals surface area (Å²) in [4.78, 5) is 12.8. The molecule has 2 rings (SSSR count). The van der Waals surface area contributed by atoms with Crippen LogP contribution in [-0.2, 0) is 0 Å². The molecule has 1 aromatic rings. The molecule has 1 amide bonds. The fourth-order valence-electron chi connectivity index (χ4n) is 2.44. The second-order valence-corrected chi connectivity index (χ2v) is 6.14. The van der Waals surface area contributed by atoms with Crippen molar-refractivity contribution in [1.82, 2.24) is 5.32 Å². The van der Waals surface area contributed by atoms with E-state index in [1.807, 2.05) is 18.4 Å². The van der Waals surface area contributed by atoms with Gasteiger partial charge in [-0.15, -0.1) is 22.9 Å². The van der Waals surface area contributed by atoms with Gasteiger partial charge in [-0.05, 0) is 36.8 Å². The van der Waals surface area contributed by atoms with Gasteiger partial charge < -0.3 is 5.32 Å². The topological polar surface area (TPSA) is 29.1 Å². The van der Waals surface area contributed by atoms with Crippen LogP contribution in [0, 0.1) is 12.3 Å². The standard InChI is InChI=1S/C13H18ClNOS/c1-10-4-7-17-11(10)12(16)15-9-13(8-14)5-2-3-6-13/h4,7H,2-3,5-6,8-9H2,1H3,(H,15,16). The van der Waals surface area contributed by atoms with E-state index >= 15 is 0 Å². The van der Waals surface area contributed by atoms with Crippen LogP contribution < -0.4 is 5.32 Å². The maximum absolute atomic E-state index is 12.0. The Balaban J connectivity index is 1.94. The van der Waals surface area contributed by atoms with Gasteiger partial charge in [-0.25, -0.2) is 0 Å². The van der Waals surface area contributed by atoms with Crippen molar-refractivity contribution in [3.63, 3.8) is 0 Å². The first kappa shape index (κ1) is 12.9. The first-order valence-electron chi connectivity index (χ1n) is 6.05. The molecule has 17 heavy (non-hydrogen) atoms. The Kier molecular flexibility index (Phi) is 4.10. The average molecular weight is 272 g/mol. The van der Waals surface area contributed by atoms with Gasteiger partial charge in [0.05, 0.1) is 4.88 Å². The minimum atomic E-state index is 0.0499. The molecule has 1 N–H and O–H groups in total. The van der Waals surface area contributed by atoms with E-state index in [4.69, 9.17) is 11.6 Å². The maximum atomic E-state index is 12.0. The zero-order chi connectivity index (χ0) is 12.3. The van der Waals surface area contributed by atoms with Crippen LogP contribution in [0.3, 0.4) is 0 Å². The van der Waals surface area contributed by atoms with Crippen LogP contribution in [0.25, 0.3) is 0 Å². The number of alkyl halides is 1. The van der Waals surface area contributed by atoms with Crippen molar-refractivity contribution < 1.29 is 4.79 Å². The second kappa shape index (κ2) is 5.40. The van der Waals surface area contributed by atoms with E-state index in [1.54, 1.807) is 0 Å². The van der Waals surface area contributed by atoms with Crippen molar-refractivity contribution in [1.29, 1.82) is 0 Å². The summed E-state index contributed by atoms with van der Waals surface area (Å²) in [5, 5.41) is 5.00. The lowest BCUT2D eigenvalue weighted by molar-refractivity contribution is 0.0938. The van der Waals surface area contributed by atoms with E-state index < -0.39 is 0 Å². The van der Waals surface area contributed by atoms with E-state index in [-0.39, 0.29) is 11.3 Å². The third-order valence-electron chi connectivity index (χ3n) is 3.64. The van der Waals surface area contributed by atoms with Crippen LogP contribution in [0.5, 0.6) is 0 Å². The molecule has 1 heterocycles. The number of carbonyl (C=O) groups excluding carboxylic acids is 1. The number of nitrogens with one attached hydrogen (secondary N) is 1. The molecule has 0 radical (unpaired) electrons. The van der Waals surface area contributed by atoms with Crippen molar-refractivity contribution in [2.24, 2.45) is 5.41 Å². The Hall–Kier alpha value is -0.540. The average Bonchev–Trinajstić information content (AvgIpc) is 2.95. The number of aryl methyl sites for hydroxylation is 1. The molecular formula is C13H18ClNOS. The Morgan fingerprint density at radius 2 is 2.24 bits per heavy atom. The van der Waals surface area contributed by atoms with Crippen molar-refractivity contribution in [2.75, 3.05) is 12.4 Å². The van der Waals surface area contributed by atoms with Gasteiger partial charge in [0.15, 0.2) is 0 Å². The number of hydrogen-bond acceptors (Lipinski definition) is 2. The van der Waals surface area contributed by atoms with Crippen LogP contribution in [0.1, 0.15) is 40.9 Å². The second-order valence-electron chi connectivity index (χ2n) is 4.96. The van der Waals surface area contributed by atoms with E-state index in [9.17, 15) is 4.79 Å². The monoisotopic (exact) mass is 271 g/mol. The molecule has 0 aromatic carbocycles. The number of thiophene rings is 1. The SMILES string of the molecule is Cc1ccsc1C(=O)NCC1(CCl)CCCC1. The molecule has 1 aliphatic carbocycles. The first-order valence-corrected chi connectivity index (χ1v) is 7.47. The lowest BCUT2D eigenvalue weighted by atomic mass is 9.88. The van der Waals surface area contributed by atoms with Crippen molar-refractivity contribution in [2.45, 2.75) is 32.6 Å². The highest BCUT2D eigenvalue weighted by molar-refractivity contribution is 7.12. The number of carbonyl (C=O) groups is 1. The van der Waals surface area contributed by atoms with Crippen LogP contribution in [-0.4, -0.2) is 18.3 Å².